The normalized spacial score (nSPS) is 12.5. The summed E-state index contributed by atoms with van der Waals surface area (Å²) < 4.78 is 5.21. The summed E-state index contributed by atoms with van der Waals surface area (Å²) in [6.45, 7) is 5.93. The third-order valence-electron chi connectivity index (χ3n) is 3.74. The van der Waals surface area contributed by atoms with Crippen LogP contribution in [0.2, 0.25) is 0 Å². The quantitative estimate of drug-likeness (QED) is 0.779. The van der Waals surface area contributed by atoms with Crippen LogP contribution in [0.3, 0.4) is 0 Å². The molecular formula is C20H27N3O3S. The molecule has 0 aliphatic carbocycles. The Balaban J connectivity index is 1.92. The second-order valence-electron chi connectivity index (χ2n) is 7.41. The van der Waals surface area contributed by atoms with E-state index < -0.39 is 11.7 Å². The number of nitrogens with zero attached hydrogens (tertiary/aromatic N) is 1. The molecule has 7 heteroatoms. The lowest BCUT2D eigenvalue weighted by Crippen LogP contribution is -2.34. The molecule has 1 atom stereocenters. The van der Waals surface area contributed by atoms with Crippen molar-refractivity contribution in [2.75, 3.05) is 26.0 Å². The van der Waals surface area contributed by atoms with Crippen molar-refractivity contribution in [3.63, 3.8) is 0 Å². The summed E-state index contributed by atoms with van der Waals surface area (Å²) in [5.74, 6) is -0.151. The third kappa shape index (κ3) is 6.69. The number of amides is 2. The van der Waals surface area contributed by atoms with E-state index in [1.165, 1.54) is 4.88 Å². The lowest BCUT2D eigenvalue weighted by atomic mass is 10.1. The lowest BCUT2D eigenvalue weighted by molar-refractivity contribution is 0.0635. The fourth-order valence-corrected chi connectivity index (χ4v) is 3.36. The van der Waals surface area contributed by atoms with Crippen LogP contribution in [-0.4, -0.2) is 43.1 Å². The highest BCUT2D eigenvalue weighted by Gasteiger charge is 2.18. The molecule has 6 nitrogen and oxygen atoms in total. The molecule has 1 aromatic carbocycles. The van der Waals surface area contributed by atoms with Gasteiger partial charge in [0.15, 0.2) is 0 Å². The van der Waals surface area contributed by atoms with Crippen molar-refractivity contribution in [3.8, 4) is 0 Å². The summed E-state index contributed by atoms with van der Waals surface area (Å²) in [5.41, 5.74) is 0.550. The van der Waals surface area contributed by atoms with Gasteiger partial charge in [0.05, 0.1) is 6.04 Å². The van der Waals surface area contributed by atoms with Crippen molar-refractivity contribution in [1.29, 1.82) is 0 Å². The second-order valence-corrected chi connectivity index (χ2v) is 8.39. The van der Waals surface area contributed by atoms with E-state index in [9.17, 15) is 9.59 Å². The van der Waals surface area contributed by atoms with Gasteiger partial charge in [-0.25, -0.2) is 4.79 Å². The molecule has 1 aromatic heterocycles. The van der Waals surface area contributed by atoms with E-state index in [-0.39, 0.29) is 11.9 Å². The molecule has 146 valence electrons. The molecule has 0 aliphatic heterocycles. The third-order valence-corrected chi connectivity index (χ3v) is 4.72. The van der Waals surface area contributed by atoms with Crippen LogP contribution in [0.25, 0.3) is 0 Å². The summed E-state index contributed by atoms with van der Waals surface area (Å²) in [6.07, 6.45) is -0.524. The molecule has 1 heterocycles. The molecule has 0 bridgehead atoms. The van der Waals surface area contributed by atoms with Crippen molar-refractivity contribution in [1.82, 2.24) is 10.2 Å². The number of benzene rings is 1. The highest BCUT2D eigenvalue weighted by atomic mass is 32.1. The van der Waals surface area contributed by atoms with Crippen LogP contribution in [0.4, 0.5) is 10.5 Å². The Kier molecular flexibility index (Phi) is 6.98. The molecule has 0 unspecified atom stereocenters. The molecule has 2 amide bonds. The number of nitrogens with one attached hydrogen (secondary N) is 2. The van der Waals surface area contributed by atoms with Crippen molar-refractivity contribution in [2.45, 2.75) is 32.4 Å². The maximum Gasteiger partial charge on any atom is 0.412 e. The Morgan fingerprint density at radius 1 is 1.15 bits per heavy atom. The maximum absolute atomic E-state index is 12.4. The molecule has 0 spiro atoms. The van der Waals surface area contributed by atoms with Gasteiger partial charge in [0, 0.05) is 22.7 Å². The first-order valence-corrected chi connectivity index (χ1v) is 9.62. The fraction of sp³-hybridized carbons (Fsp3) is 0.400. The number of carbonyl (C=O) groups excluding carboxylic acids is 2. The lowest BCUT2D eigenvalue weighted by Gasteiger charge is -2.23. The first kappa shape index (κ1) is 20.9. The van der Waals surface area contributed by atoms with E-state index in [0.29, 0.717) is 17.8 Å². The Bertz CT molecular complexity index is 750. The SMILES string of the molecule is CN(C)[C@H](CNC(=O)c1ccc(NC(=O)OC(C)(C)C)cc1)c1cccs1. The number of thiophene rings is 1. The van der Waals surface area contributed by atoms with E-state index in [2.05, 4.69) is 21.6 Å². The van der Waals surface area contributed by atoms with Gasteiger partial charge in [0.25, 0.3) is 5.91 Å². The summed E-state index contributed by atoms with van der Waals surface area (Å²) in [6, 6.07) is 10.9. The zero-order chi connectivity index (χ0) is 20.0. The summed E-state index contributed by atoms with van der Waals surface area (Å²) in [5, 5.41) is 7.66. The Labute approximate surface area is 164 Å². The molecule has 2 rings (SSSR count). The average molecular weight is 390 g/mol. The van der Waals surface area contributed by atoms with Crippen LogP contribution in [-0.2, 0) is 4.74 Å². The van der Waals surface area contributed by atoms with Crippen LogP contribution in [0, 0.1) is 0 Å². The highest BCUT2D eigenvalue weighted by Crippen LogP contribution is 2.22. The number of ether oxygens (including phenoxy) is 1. The highest BCUT2D eigenvalue weighted by molar-refractivity contribution is 7.10. The number of rotatable bonds is 6. The monoisotopic (exact) mass is 389 g/mol. The number of hydrogen-bond donors (Lipinski definition) is 2. The predicted molar refractivity (Wildman–Crippen MR) is 109 cm³/mol. The van der Waals surface area contributed by atoms with Gasteiger partial charge in [-0.3, -0.25) is 10.1 Å². The molecule has 0 radical (unpaired) electrons. The maximum atomic E-state index is 12.4. The average Bonchev–Trinajstić information content (AvgIpc) is 3.07. The summed E-state index contributed by atoms with van der Waals surface area (Å²) >= 11 is 1.67. The summed E-state index contributed by atoms with van der Waals surface area (Å²) in [7, 11) is 3.99. The van der Waals surface area contributed by atoms with Crippen molar-refractivity contribution >= 4 is 29.0 Å². The second kappa shape index (κ2) is 9.01. The van der Waals surface area contributed by atoms with E-state index in [1.54, 1.807) is 56.4 Å². The summed E-state index contributed by atoms with van der Waals surface area (Å²) in [4.78, 5) is 27.5. The van der Waals surface area contributed by atoms with Gasteiger partial charge in [-0.05, 0) is 70.6 Å². The minimum absolute atomic E-state index is 0.127. The van der Waals surface area contributed by atoms with E-state index in [0.717, 1.165) is 0 Å². The van der Waals surface area contributed by atoms with Gasteiger partial charge in [0.1, 0.15) is 5.60 Å². The molecule has 2 N–H and O–H groups in total. The zero-order valence-electron chi connectivity index (χ0n) is 16.4. The Morgan fingerprint density at radius 2 is 1.81 bits per heavy atom. The van der Waals surface area contributed by atoms with E-state index in [4.69, 9.17) is 4.74 Å². The molecule has 27 heavy (non-hydrogen) atoms. The Hall–Kier alpha value is -2.38. The predicted octanol–water partition coefficient (Wildman–Crippen LogP) is 4.13. The van der Waals surface area contributed by atoms with Gasteiger partial charge in [-0.2, -0.15) is 0 Å². The molecule has 0 saturated heterocycles. The number of carbonyl (C=O) groups is 2. The van der Waals surface area contributed by atoms with Crippen molar-refractivity contribution in [2.24, 2.45) is 0 Å². The van der Waals surface area contributed by atoms with Crippen molar-refractivity contribution < 1.29 is 14.3 Å². The van der Waals surface area contributed by atoms with Gasteiger partial charge < -0.3 is 15.0 Å². The molecular weight excluding hydrogens is 362 g/mol. The molecule has 0 aliphatic rings. The van der Waals surface area contributed by atoms with E-state index >= 15 is 0 Å². The van der Waals surface area contributed by atoms with Gasteiger partial charge >= 0.3 is 6.09 Å². The molecule has 0 fully saturated rings. The largest absolute Gasteiger partial charge is 0.444 e. The molecule has 2 aromatic rings. The minimum Gasteiger partial charge on any atom is -0.444 e. The number of hydrogen-bond acceptors (Lipinski definition) is 5. The van der Waals surface area contributed by atoms with E-state index in [1.807, 2.05) is 25.5 Å². The van der Waals surface area contributed by atoms with Crippen LogP contribution in [0.15, 0.2) is 41.8 Å². The first-order chi connectivity index (χ1) is 12.7. The van der Waals surface area contributed by atoms with Crippen LogP contribution >= 0.6 is 11.3 Å². The van der Waals surface area contributed by atoms with Crippen LogP contribution < -0.4 is 10.6 Å². The van der Waals surface area contributed by atoms with Gasteiger partial charge in [-0.15, -0.1) is 11.3 Å². The number of likely N-dealkylation sites (N-methyl/N-ethyl adjacent to an activating group) is 1. The zero-order valence-corrected chi connectivity index (χ0v) is 17.2. The van der Waals surface area contributed by atoms with Crippen molar-refractivity contribution in [3.05, 3.63) is 52.2 Å². The van der Waals surface area contributed by atoms with Crippen LogP contribution in [0.1, 0.15) is 42.0 Å². The minimum atomic E-state index is -0.560. The topological polar surface area (TPSA) is 70.7 Å². The number of anilines is 1. The van der Waals surface area contributed by atoms with Crippen LogP contribution in [0.5, 0.6) is 0 Å². The fourth-order valence-electron chi connectivity index (χ4n) is 2.44. The van der Waals surface area contributed by atoms with Gasteiger partial charge in [0.2, 0.25) is 0 Å². The van der Waals surface area contributed by atoms with Gasteiger partial charge in [-0.1, -0.05) is 6.07 Å². The smallest absolute Gasteiger partial charge is 0.412 e. The molecule has 0 saturated carbocycles. The standard InChI is InChI=1S/C20H27N3O3S/c1-20(2,3)26-19(25)22-15-10-8-14(9-11-15)18(24)21-13-16(23(4)5)17-7-6-12-27-17/h6-12,16H,13H2,1-5H3,(H,21,24)(H,22,25)/t16-/m1/s1. The first-order valence-electron chi connectivity index (χ1n) is 8.74. The Morgan fingerprint density at radius 3 is 2.33 bits per heavy atom.